The van der Waals surface area contributed by atoms with E-state index in [1.807, 2.05) is 29.2 Å². The molecule has 5 rings (SSSR count). The van der Waals surface area contributed by atoms with Gasteiger partial charge < -0.3 is 9.64 Å². The van der Waals surface area contributed by atoms with Crippen LogP contribution in [-0.4, -0.2) is 41.4 Å². The number of rotatable bonds is 4. The Labute approximate surface area is 169 Å². The van der Waals surface area contributed by atoms with Crippen molar-refractivity contribution in [1.82, 2.24) is 9.80 Å². The van der Waals surface area contributed by atoms with Gasteiger partial charge in [0.05, 0.1) is 7.11 Å². The average molecular weight is 398 g/mol. The minimum absolute atomic E-state index is 0.0899. The van der Waals surface area contributed by atoms with Crippen LogP contribution < -0.4 is 4.74 Å². The van der Waals surface area contributed by atoms with Crippen molar-refractivity contribution in [1.29, 1.82) is 0 Å². The van der Waals surface area contributed by atoms with Crippen molar-refractivity contribution in [3.63, 3.8) is 0 Å². The Bertz CT molecular complexity index is 945. The molecule has 1 spiro atoms. The summed E-state index contributed by atoms with van der Waals surface area (Å²) in [4.78, 5) is 17.6. The van der Waals surface area contributed by atoms with Gasteiger partial charge in [-0.15, -0.1) is 0 Å². The normalized spacial score (nSPS) is 28.7. The number of likely N-dealkylation sites (tertiary alicyclic amines) is 1. The van der Waals surface area contributed by atoms with Crippen molar-refractivity contribution >= 4 is 5.91 Å². The number of carbonyl (C=O) groups is 1. The van der Waals surface area contributed by atoms with Gasteiger partial charge in [-0.3, -0.25) is 9.69 Å². The monoisotopic (exact) mass is 398 g/mol. The summed E-state index contributed by atoms with van der Waals surface area (Å²) >= 11 is 0. The third-order valence-corrected chi connectivity index (χ3v) is 6.97. The molecule has 6 heteroatoms. The molecule has 152 valence electrons. The van der Waals surface area contributed by atoms with E-state index >= 15 is 0 Å². The van der Waals surface area contributed by atoms with Gasteiger partial charge in [-0.05, 0) is 55.6 Å². The molecule has 0 radical (unpaired) electrons. The average Bonchev–Trinajstić information content (AvgIpc) is 3.34. The molecule has 0 saturated carbocycles. The smallest absolute Gasteiger partial charge is 0.243 e. The molecule has 2 aromatic carbocycles. The highest BCUT2D eigenvalue weighted by Crippen LogP contribution is 2.56. The summed E-state index contributed by atoms with van der Waals surface area (Å²) in [6.07, 6.45) is 2.25. The highest BCUT2D eigenvalue weighted by molar-refractivity contribution is 5.90. The van der Waals surface area contributed by atoms with Crippen LogP contribution in [0.1, 0.15) is 36.4 Å². The van der Waals surface area contributed by atoms with Gasteiger partial charge >= 0.3 is 0 Å². The molecule has 0 aromatic heterocycles. The number of hydrogen-bond donors (Lipinski definition) is 0. The van der Waals surface area contributed by atoms with Gasteiger partial charge in [0.1, 0.15) is 22.9 Å². The minimum Gasteiger partial charge on any atom is -0.497 e. The highest BCUT2D eigenvalue weighted by atomic mass is 19.1. The van der Waals surface area contributed by atoms with E-state index in [2.05, 4.69) is 4.90 Å². The molecular weight excluding hydrogens is 374 g/mol. The molecule has 3 saturated heterocycles. The van der Waals surface area contributed by atoms with Crippen LogP contribution in [-0.2, 0) is 11.3 Å². The molecule has 0 unspecified atom stereocenters. The van der Waals surface area contributed by atoms with E-state index in [1.54, 1.807) is 7.11 Å². The van der Waals surface area contributed by atoms with Crippen LogP contribution in [0.4, 0.5) is 8.78 Å². The summed E-state index contributed by atoms with van der Waals surface area (Å²) in [5, 5.41) is 0. The Balaban J connectivity index is 1.44. The second-order valence-corrected chi connectivity index (χ2v) is 8.34. The Morgan fingerprint density at radius 3 is 2.69 bits per heavy atom. The van der Waals surface area contributed by atoms with Crippen LogP contribution in [0.2, 0.25) is 0 Å². The maximum Gasteiger partial charge on any atom is 0.243 e. The van der Waals surface area contributed by atoms with Gasteiger partial charge in [0, 0.05) is 30.6 Å². The van der Waals surface area contributed by atoms with Crippen molar-refractivity contribution in [3.8, 4) is 5.75 Å². The zero-order chi connectivity index (χ0) is 20.2. The molecule has 3 aliphatic rings. The number of halogens is 2. The van der Waals surface area contributed by atoms with E-state index in [-0.39, 0.29) is 23.4 Å². The summed E-state index contributed by atoms with van der Waals surface area (Å²) in [6, 6.07) is 11.4. The highest BCUT2D eigenvalue weighted by Gasteiger charge is 2.65. The molecule has 4 nitrogen and oxygen atoms in total. The summed E-state index contributed by atoms with van der Waals surface area (Å²) in [5.41, 5.74) is 0.531. The molecular formula is C23H24F2N2O2. The van der Waals surface area contributed by atoms with Crippen LogP contribution in [0.3, 0.4) is 0 Å². The van der Waals surface area contributed by atoms with Crippen LogP contribution in [0.15, 0.2) is 42.5 Å². The van der Waals surface area contributed by atoms with Gasteiger partial charge in [0.15, 0.2) is 0 Å². The number of benzene rings is 2. The van der Waals surface area contributed by atoms with Gasteiger partial charge in [0.2, 0.25) is 5.91 Å². The molecule has 3 heterocycles. The second-order valence-electron chi connectivity index (χ2n) is 8.34. The van der Waals surface area contributed by atoms with E-state index in [9.17, 15) is 13.6 Å². The molecule has 0 N–H and O–H groups in total. The maximum atomic E-state index is 14.5. The van der Waals surface area contributed by atoms with Crippen LogP contribution in [0, 0.1) is 17.6 Å². The third kappa shape index (κ3) is 2.69. The Morgan fingerprint density at radius 1 is 1.17 bits per heavy atom. The SMILES string of the molecule is COc1cccc(CN2C[C@@H]3C[C@@H](c4c(F)cccc4F)N4CCC[C@@]34C2=O)c1. The van der Waals surface area contributed by atoms with E-state index in [0.717, 1.165) is 24.2 Å². The van der Waals surface area contributed by atoms with E-state index in [4.69, 9.17) is 4.74 Å². The second kappa shape index (κ2) is 6.80. The lowest BCUT2D eigenvalue weighted by atomic mass is 9.85. The van der Waals surface area contributed by atoms with E-state index < -0.39 is 17.2 Å². The fourth-order valence-electron chi connectivity index (χ4n) is 5.81. The maximum absolute atomic E-state index is 14.5. The third-order valence-electron chi connectivity index (χ3n) is 6.97. The lowest BCUT2D eigenvalue weighted by Crippen LogP contribution is -2.49. The standard InChI is InChI=1S/C23H24F2N2O2/c1-29-17-6-2-5-15(11-17)13-26-14-16-12-20(21-18(24)7-3-8-19(21)25)27-10-4-9-23(16,27)22(26)28/h2-3,5-8,11,16,20H,4,9-10,12-14H2,1H3/t16-,20-,23-/m0/s1. The van der Waals surface area contributed by atoms with Crippen LogP contribution >= 0.6 is 0 Å². The fraction of sp³-hybridized carbons (Fsp3) is 0.435. The summed E-state index contributed by atoms with van der Waals surface area (Å²) in [5.74, 6) is -0.0744. The predicted octanol–water partition coefficient (Wildman–Crippen LogP) is 3.91. The van der Waals surface area contributed by atoms with E-state index in [0.29, 0.717) is 26.1 Å². The van der Waals surface area contributed by atoms with Crippen LogP contribution in [0.5, 0.6) is 5.75 Å². The van der Waals surface area contributed by atoms with Gasteiger partial charge in [-0.2, -0.15) is 0 Å². The first-order valence-corrected chi connectivity index (χ1v) is 10.2. The van der Waals surface area contributed by atoms with Gasteiger partial charge in [0.25, 0.3) is 0 Å². The number of nitrogens with zero attached hydrogens (tertiary/aromatic N) is 2. The molecule has 3 fully saturated rings. The van der Waals surface area contributed by atoms with Gasteiger partial charge in [-0.25, -0.2) is 8.78 Å². The summed E-state index contributed by atoms with van der Waals surface area (Å²) in [6.45, 7) is 1.85. The zero-order valence-corrected chi connectivity index (χ0v) is 16.4. The summed E-state index contributed by atoms with van der Waals surface area (Å²) in [7, 11) is 1.63. The van der Waals surface area contributed by atoms with Crippen molar-refractivity contribution in [3.05, 3.63) is 65.2 Å². The largest absolute Gasteiger partial charge is 0.497 e. The first-order valence-electron chi connectivity index (χ1n) is 10.2. The number of ether oxygens (including phenoxy) is 1. The Kier molecular flexibility index (Phi) is 4.35. The van der Waals surface area contributed by atoms with E-state index in [1.165, 1.54) is 18.2 Å². The zero-order valence-electron chi connectivity index (χ0n) is 16.4. The topological polar surface area (TPSA) is 32.8 Å². The van der Waals surface area contributed by atoms with Gasteiger partial charge in [-0.1, -0.05) is 18.2 Å². The lowest BCUT2D eigenvalue weighted by molar-refractivity contribution is -0.137. The fourth-order valence-corrected chi connectivity index (χ4v) is 5.81. The molecule has 0 aliphatic carbocycles. The number of methoxy groups -OCH3 is 1. The number of hydrogen-bond acceptors (Lipinski definition) is 3. The van der Waals surface area contributed by atoms with Crippen LogP contribution in [0.25, 0.3) is 0 Å². The molecule has 3 aliphatic heterocycles. The molecule has 0 bridgehead atoms. The molecule has 29 heavy (non-hydrogen) atoms. The Morgan fingerprint density at radius 2 is 1.93 bits per heavy atom. The summed E-state index contributed by atoms with van der Waals surface area (Å²) < 4.78 is 34.3. The minimum atomic E-state index is -0.613. The van der Waals surface area contributed by atoms with Crippen molar-refractivity contribution < 1.29 is 18.3 Å². The molecule has 1 amide bonds. The molecule has 2 aromatic rings. The van der Waals surface area contributed by atoms with Crippen molar-refractivity contribution in [2.45, 2.75) is 37.4 Å². The number of amides is 1. The molecule has 3 atom stereocenters. The quantitative estimate of drug-likeness (QED) is 0.783. The lowest BCUT2D eigenvalue weighted by Gasteiger charge is -2.34. The van der Waals surface area contributed by atoms with Crippen molar-refractivity contribution in [2.24, 2.45) is 5.92 Å². The first-order chi connectivity index (χ1) is 14.0. The number of carbonyl (C=O) groups excluding carboxylic acids is 1. The first kappa shape index (κ1) is 18.6. The Hall–Kier alpha value is -2.47. The van der Waals surface area contributed by atoms with Crippen molar-refractivity contribution in [2.75, 3.05) is 20.2 Å². The predicted molar refractivity (Wildman–Crippen MR) is 104 cm³/mol.